The number of amides is 1. The molecule has 2 atom stereocenters. The zero-order valence-corrected chi connectivity index (χ0v) is 18.0. The average Bonchev–Trinajstić information content (AvgIpc) is 2.79. The summed E-state index contributed by atoms with van der Waals surface area (Å²) >= 11 is 0. The summed E-state index contributed by atoms with van der Waals surface area (Å²) in [4.78, 5) is 33.1. The number of benzene rings is 1. The highest BCUT2D eigenvalue weighted by molar-refractivity contribution is 6.10. The van der Waals surface area contributed by atoms with Gasteiger partial charge in [0.2, 0.25) is 0 Å². The Morgan fingerprint density at radius 3 is 2.26 bits per heavy atom. The third-order valence-electron chi connectivity index (χ3n) is 5.58. The number of hydrogen-bond donors (Lipinski definition) is 2. The predicted octanol–water partition coefficient (Wildman–Crippen LogP) is 3.03. The van der Waals surface area contributed by atoms with Gasteiger partial charge in [0, 0.05) is 42.5 Å². The lowest BCUT2D eigenvalue weighted by Gasteiger charge is -2.44. The van der Waals surface area contributed by atoms with Crippen molar-refractivity contribution in [3.63, 3.8) is 0 Å². The molecule has 1 aliphatic heterocycles. The van der Waals surface area contributed by atoms with Crippen LogP contribution in [0.5, 0.6) is 0 Å². The second-order valence-electron chi connectivity index (χ2n) is 7.78. The molecule has 3 rings (SSSR count). The standard InChI is InChI=1S/C24H28N4O3/c1-17-15-28(16-18(2)27(17)3)22-10-5-4-9-21(22)23(29)13-11-19-7-6-8-20(25-19)12-14-24(30)26-31/h4-14,17-18,31H,15-16H2,1-3H3,(H,26,30)/t17-,18+. The summed E-state index contributed by atoms with van der Waals surface area (Å²) in [6.07, 6.45) is 5.85. The number of pyridine rings is 1. The minimum Gasteiger partial charge on any atom is -0.368 e. The molecular weight excluding hydrogens is 392 g/mol. The molecule has 31 heavy (non-hydrogen) atoms. The number of anilines is 1. The van der Waals surface area contributed by atoms with Crippen LogP contribution in [-0.2, 0) is 4.79 Å². The van der Waals surface area contributed by atoms with Crippen LogP contribution in [-0.4, -0.2) is 59.0 Å². The summed E-state index contributed by atoms with van der Waals surface area (Å²) in [6.45, 7) is 6.13. The average molecular weight is 421 g/mol. The number of piperazine rings is 1. The van der Waals surface area contributed by atoms with Crippen LogP contribution in [0, 0.1) is 0 Å². The number of nitrogens with one attached hydrogen (secondary N) is 1. The van der Waals surface area contributed by atoms with Gasteiger partial charge in [-0.15, -0.1) is 0 Å². The molecule has 0 aliphatic carbocycles. The summed E-state index contributed by atoms with van der Waals surface area (Å²) in [5.41, 5.74) is 4.28. The van der Waals surface area contributed by atoms with Crippen LogP contribution in [0.3, 0.4) is 0 Å². The van der Waals surface area contributed by atoms with Crippen LogP contribution in [0.2, 0.25) is 0 Å². The Kier molecular flexibility index (Phi) is 7.33. The van der Waals surface area contributed by atoms with Crippen LogP contribution < -0.4 is 10.4 Å². The van der Waals surface area contributed by atoms with Crippen molar-refractivity contribution in [1.29, 1.82) is 0 Å². The zero-order chi connectivity index (χ0) is 22.4. The summed E-state index contributed by atoms with van der Waals surface area (Å²) in [6, 6.07) is 13.8. The number of ketones is 1. The number of likely N-dealkylation sites (N-methyl/N-ethyl adjacent to an activating group) is 1. The third-order valence-corrected chi connectivity index (χ3v) is 5.58. The van der Waals surface area contributed by atoms with Crippen molar-refractivity contribution in [3.8, 4) is 0 Å². The molecule has 1 aromatic heterocycles. The molecule has 0 unspecified atom stereocenters. The van der Waals surface area contributed by atoms with Gasteiger partial charge in [0.1, 0.15) is 0 Å². The summed E-state index contributed by atoms with van der Waals surface area (Å²) in [7, 11) is 2.14. The molecule has 7 nitrogen and oxygen atoms in total. The third kappa shape index (κ3) is 5.65. The highest BCUT2D eigenvalue weighted by atomic mass is 16.5. The first-order valence-corrected chi connectivity index (χ1v) is 10.3. The van der Waals surface area contributed by atoms with Crippen LogP contribution >= 0.6 is 0 Å². The van der Waals surface area contributed by atoms with E-state index in [0.717, 1.165) is 18.8 Å². The Morgan fingerprint density at radius 1 is 1.00 bits per heavy atom. The summed E-state index contributed by atoms with van der Waals surface area (Å²) < 4.78 is 0. The monoisotopic (exact) mass is 420 g/mol. The molecule has 0 saturated carbocycles. The molecule has 162 valence electrons. The molecular formula is C24H28N4O3. The Bertz CT molecular complexity index is 990. The van der Waals surface area contributed by atoms with E-state index >= 15 is 0 Å². The quantitative estimate of drug-likeness (QED) is 0.323. The number of aromatic nitrogens is 1. The molecule has 1 fully saturated rings. The van der Waals surface area contributed by atoms with Crippen molar-refractivity contribution in [2.45, 2.75) is 25.9 Å². The van der Waals surface area contributed by atoms with E-state index in [0.29, 0.717) is 29.0 Å². The van der Waals surface area contributed by atoms with Gasteiger partial charge in [-0.3, -0.25) is 19.7 Å². The van der Waals surface area contributed by atoms with Crippen molar-refractivity contribution in [1.82, 2.24) is 15.4 Å². The Labute approximate surface area is 182 Å². The summed E-state index contributed by atoms with van der Waals surface area (Å²) in [5, 5.41) is 8.55. The van der Waals surface area contributed by atoms with Gasteiger partial charge in [-0.1, -0.05) is 18.2 Å². The Hall–Kier alpha value is -3.29. The van der Waals surface area contributed by atoms with E-state index in [2.05, 4.69) is 35.7 Å². The molecule has 2 aromatic rings. The van der Waals surface area contributed by atoms with Gasteiger partial charge < -0.3 is 4.90 Å². The SMILES string of the molecule is C[C@@H]1CN(c2ccccc2C(=O)C=Cc2cccc(C=CC(=O)NO)n2)C[C@H](C)N1C. The largest absolute Gasteiger partial charge is 0.368 e. The topological polar surface area (TPSA) is 85.8 Å². The van der Waals surface area contributed by atoms with Crippen LogP contribution in [0.4, 0.5) is 5.69 Å². The first-order valence-electron chi connectivity index (χ1n) is 10.3. The lowest BCUT2D eigenvalue weighted by atomic mass is 10.0. The molecule has 2 N–H and O–H groups in total. The number of allylic oxidation sites excluding steroid dienone is 1. The minimum absolute atomic E-state index is 0.0859. The molecule has 0 bridgehead atoms. The number of para-hydroxylation sites is 1. The van der Waals surface area contributed by atoms with E-state index in [1.54, 1.807) is 24.3 Å². The van der Waals surface area contributed by atoms with Gasteiger partial charge in [-0.2, -0.15) is 0 Å². The molecule has 1 saturated heterocycles. The van der Waals surface area contributed by atoms with Crippen molar-refractivity contribution < 1.29 is 14.8 Å². The van der Waals surface area contributed by atoms with Crippen LogP contribution in [0.1, 0.15) is 35.6 Å². The fourth-order valence-electron chi connectivity index (χ4n) is 3.66. The smallest absolute Gasteiger partial charge is 0.267 e. The fraction of sp³-hybridized carbons (Fsp3) is 0.292. The van der Waals surface area contributed by atoms with E-state index in [4.69, 9.17) is 5.21 Å². The maximum absolute atomic E-state index is 13.0. The maximum atomic E-state index is 13.0. The Morgan fingerprint density at radius 2 is 1.61 bits per heavy atom. The molecule has 1 amide bonds. The van der Waals surface area contributed by atoms with Gasteiger partial charge in [-0.25, -0.2) is 10.5 Å². The number of rotatable bonds is 6. The molecule has 7 heteroatoms. The molecule has 0 radical (unpaired) electrons. The highest BCUT2D eigenvalue weighted by Crippen LogP contribution is 2.26. The molecule has 0 spiro atoms. The lowest BCUT2D eigenvalue weighted by Crippen LogP contribution is -2.55. The Balaban J connectivity index is 1.78. The highest BCUT2D eigenvalue weighted by Gasteiger charge is 2.28. The first kappa shape index (κ1) is 22.4. The van der Waals surface area contributed by atoms with E-state index in [9.17, 15) is 9.59 Å². The van der Waals surface area contributed by atoms with Gasteiger partial charge in [0.25, 0.3) is 5.91 Å². The summed E-state index contributed by atoms with van der Waals surface area (Å²) in [5.74, 6) is -0.723. The number of nitrogens with zero attached hydrogens (tertiary/aromatic N) is 3. The van der Waals surface area contributed by atoms with Crippen molar-refractivity contribution in [2.75, 3.05) is 25.0 Å². The molecule has 2 heterocycles. The van der Waals surface area contributed by atoms with Gasteiger partial charge in [-0.05, 0) is 63.4 Å². The second kappa shape index (κ2) is 10.1. The second-order valence-corrected chi connectivity index (χ2v) is 7.78. The first-order chi connectivity index (χ1) is 14.9. The van der Waals surface area contributed by atoms with Crippen molar-refractivity contribution >= 4 is 29.5 Å². The van der Waals surface area contributed by atoms with E-state index in [-0.39, 0.29) is 5.78 Å². The molecule has 1 aromatic carbocycles. The van der Waals surface area contributed by atoms with Crippen molar-refractivity contribution in [2.24, 2.45) is 0 Å². The maximum Gasteiger partial charge on any atom is 0.267 e. The van der Waals surface area contributed by atoms with E-state index in [1.807, 2.05) is 24.3 Å². The minimum atomic E-state index is -0.637. The fourth-order valence-corrected chi connectivity index (χ4v) is 3.66. The number of carbonyl (C=O) groups excluding carboxylic acids is 2. The van der Waals surface area contributed by atoms with E-state index in [1.165, 1.54) is 23.7 Å². The van der Waals surface area contributed by atoms with E-state index < -0.39 is 5.91 Å². The predicted molar refractivity (Wildman–Crippen MR) is 122 cm³/mol. The van der Waals surface area contributed by atoms with Gasteiger partial charge in [0.15, 0.2) is 5.78 Å². The van der Waals surface area contributed by atoms with Crippen molar-refractivity contribution in [3.05, 3.63) is 71.6 Å². The number of hydrogen-bond acceptors (Lipinski definition) is 6. The number of hydroxylamine groups is 1. The molecule has 1 aliphatic rings. The van der Waals surface area contributed by atoms with Gasteiger partial charge in [0.05, 0.1) is 11.4 Å². The van der Waals surface area contributed by atoms with Crippen LogP contribution in [0.25, 0.3) is 12.2 Å². The number of carbonyl (C=O) groups is 2. The van der Waals surface area contributed by atoms with Gasteiger partial charge >= 0.3 is 0 Å². The normalized spacial score (nSPS) is 19.8. The van der Waals surface area contributed by atoms with Crippen LogP contribution in [0.15, 0.2) is 54.6 Å². The zero-order valence-electron chi connectivity index (χ0n) is 18.0. The lowest BCUT2D eigenvalue weighted by molar-refractivity contribution is -0.124.